The first kappa shape index (κ1) is 22.7. The molecule has 32 heavy (non-hydrogen) atoms. The summed E-state index contributed by atoms with van der Waals surface area (Å²) in [6, 6.07) is 13.3. The van der Waals surface area contributed by atoms with Crippen molar-refractivity contribution in [2.75, 3.05) is 36.5 Å². The summed E-state index contributed by atoms with van der Waals surface area (Å²) in [5, 5.41) is 10.1. The van der Waals surface area contributed by atoms with E-state index in [1.165, 1.54) is 11.3 Å². The molecule has 3 heterocycles. The third-order valence-electron chi connectivity index (χ3n) is 7.16. The van der Waals surface area contributed by atoms with Gasteiger partial charge in [-0.25, -0.2) is 0 Å². The highest BCUT2D eigenvalue weighted by Gasteiger charge is 2.34. The molecule has 1 aromatic carbocycles. The largest absolute Gasteiger partial charge is 0.384 e. The number of hydrogen-bond acceptors (Lipinski definition) is 5. The summed E-state index contributed by atoms with van der Waals surface area (Å²) >= 11 is 0. The van der Waals surface area contributed by atoms with Crippen LogP contribution in [0.2, 0.25) is 0 Å². The van der Waals surface area contributed by atoms with Crippen molar-refractivity contribution in [3.05, 3.63) is 53.9 Å². The van der Waals surface area contributed by atoms with Crippen LogP contribution in [-0.2, 0) is 16.8 Å². The second-order valence-electron chi connectivity index (χ2n) is 10.0. The monoisotopic (exact) mass is 436 g/mol. The Balaban J connectivity index is 1.48. The normalized spacial score (nSPS) is 24.9. The van der Waals surface area contributed by atoms with E-state index in [4.69, 9.17) is 0 Å². The van der Waals surface area contributed by atoms with E-state index in [9.17, 15) is 9.90 Å². The topological polar surface area (TPSA) is 59.9 Å². The molecule has 6 nitrogen and oxygen atoms in total. The van der Waals surface area contributed by atoms with Crippen LogP contribution in [0.4, 0.5) is 11.4 Å². The molecule has 6 heteroatoms. The van der Waals surface area contributed by atoms with Crippen molar-refractivity contribution in [3.8, 4) is 0 Å². The number of amides is 1. The van der Waals surface area contributed by atoms with Gasteiger partial charge in [0.25, 0.3) is 0 Å². The Kier molecular flexibility index (Phi) is 6.28. The molecule has 1 aromatic heterocycles. The highest BCUT2D eigenvalue weighted by molar-refractivity contribution is 5.97. The van der Waals surface area contributed by atoms with Gasteiger partial charge in [-0.15, -0.1) is 0 Å². The van der Waals surface area contributed by atoms with Gasteiger partial charge in [0.15, 0.2) is 0 Å². The average Bonchev–Trinajstić information content (AvgIpc) is 3.11. The van der Waals surface area contributed by atoms with Gasteiger partial charge >= 0.3 is 0 Å². The predicted molar refractivity (Wildman–Crippen MR) is 129 cm³/mol. The molecule has 2 fully saturated rings. The fourth-order valence-electron chi connectivity index (χ4n) is 4.95. The second-order valence-corrected chi connectivity index (χ2v) is 10.0. The summed E-state index contributed by atoms with van der Waals surface area (Å²) in [7, 11) is 2.20. The Bertz CT molecular complexity index is 941. The maximum Gasteiger partial charge on any atom is 0.230 e. The van der Waals surface area contributed by atoms with Crippen molar-refractivity contribution >= 4 is 17.3 Å². The number of aliphatic hydroxyl groups is 1. The van der Waals surface area contributed by atoms with Crippen LogP contribution in [0.15, 0.2) is 42.6 Å². The quantitative estimate of drug-likeness (QED) is 0.778. The molecule has 0 radical (unpaired) electrons. The van der Waals surface area contributed by atoms with Gasteiger partial charge < -0.3 is 14.9 Å². The molecule has 0 spiro atoms. The zero-order valence-corrected chi connectivity index (χ0v) is 20.0. The molecule has 172 valence electrons. The Hall–Kier alpha value is -2.44. The molecular formula is C26H36N4O2. The van der Waals surface area contributed by atoms with Crippen LogP contribution in [0.1, 0.15) is 45.4 Å². The number of carbonyl (C=O) groups excluding carboxylic acids is 1. The van der Waals surface area contributed by atoms with Gasteiger partial charge in [0.2, 0.25) is 5.91 Å². The molecule has 0 saturated carbocycles. The summed E-state index contributed by atoms with van der Waals surface area (Å²) in [5.41, 5.74) is 2.95. The molecule has 2 saturated heterocycles. The molecule has 0 unspecified atom stereocenters. The molecule has 0 aliphatic carbocycles. The van der Waals surface area contributed by atoms with Gasteiger partial charge in [-0.3, -0.25) is 14.7 Å². The minimum absolute atomic E-state index is 0.0209. The number of pyridine rings is 1. The third-order valence-corrected chi connectivity index (χ3v) is 7.16. The Morgan fingerprint density at radius 2 is 1.78 bits per heavy atom. The maximum atomic E-state index is 13.3. The lowest BCUT2D eigenvalue weighted by molar-refractivity contribution is -0.120. The van der Waals surface area contributed by atoms with E-state index < -0.39 is 5.60 Å². The maximum absolute atomic E-state index is 13.3. The van der Waals surface area contributed by atoms with E-state index in [0.29, 0.717) is 24.3 Å². The molecule has 3 atom stereocenters. The van der Waals surface area contributed by atoms with Gasteiger partial charge in [0.05, 0.1) is 17.6 Å². The van der Waals surface area contributed by atoms with Crippen LogP contribution >= 0.6 is 0 Å². The molecular weight excluding hydrogens is 400 g/mol. The highest BCUT2D eigenvalue weighted by atomic mass is 16.3. The van der Waals surface area contributed by atoms with E-state index in [1.807, 2.05) is 11.0 Å². The number of aromatic nitrogens is 1. The first-order chi connectivity index (χ1) is 15.1. The average molecular weight is 437 g/mol. The first-order valence-electron chi connectivity index (χ1n) is 11.7. The first-order valence-corrected chi connectivity index (χ1v) is 11.7. The minimum atomic E-state index is -0.988. The van der Waals surface area contributed by atoms with Crippen LogP contribution in [0.3, 0.4) is 0 Å². The van der Waals surface area contributed by atoms with Crippen molar-refractivity contribution < 1.29 is 9.90 Å². The van der Waals surface area contributed by atoms with E-state index >= 15 is 0 Å². The van der Waals surface area contributed by atoms with Gasteiger partial charge in [0.1, 0.15) is 5.60 Å². The van der Waals surface area contributed by atoms with E-state index in [-0.39, 0.29) is 11.8 Å². The molecule has 2 aliphatic heterocycles. The molecule has 2 aromatic rings. The molecule has 2 aliphatic rings. The number of hydrogen-bond donors (Lipinski definition) is 1. The molecule has 1 N–H and O–H groups in total. The molecule has 1 amide bonds. The van der Waals surface area contributed by atoms with Gasteiger partial charge in [0, 0.05) is 43.3 Å². The van der Waals surface area contributed by atoms with E-state index in [1.54, 1.807) is 26.1 Å². The smallest absolute Gasteiger partial charge is 0.230 e. The van der Waals surface area contributed by atoms with Gasteiger partial charge in [-0.2, -0.15) is 0 Å². The van der Waals surface area contributed by atoms with Crippen LogP contribution in [0, 0.1) is 5.92 Å². The van der Waals surface area contributed by atoms with Gasteiger partial charge in [-0.05, 0) is 71.3 Å². The lowest BCUT2D eigenvalue weighted by atomic mass is 9.95. The Morgan fingerprint density at radius 1 is 1.09 bits per heavy atom. The standard InChI is InChI=1S/C26H36N4O2/c1-18-16-29(17-19(2)28(18)5)23-9-7-6-8-20(23)14-21-12-13-30(25(21)31)22-10-11-24(27-15-22)26(3,4)32/h6-11,15,18-19,21,32H,12-14,16-17H2,1-5H3/t18-,19+,21-/m0/s1. The number of nitrogens with zero attached hydrogens (tertiary/aromatic N) is 4. The summed E-state index contributed by atoms with van der Waals surface area (Å²) in [5.74, 6) is 0.144. The zero-order valence-electron chi connectivity index (χ0n) is 20.0. The number of benzene rings is 1. The Labute approximate surface area is 191 Å². The predicted octanol–water partition coefficient (Wildman–Crippen LogP) is 3.43. The van der Waals surface area contributed by atoms with Crippen molar-refractivity contribution in [3.63, 3.8) is 0 Å². The van der Waals surface area contributed by atoms with Crippen LogP contribution < -0.4 is 9.80 Å². The molecule has 0 bridgehead atoms. The van der Waals surface area contributed by atoms with E-state index in [2.05, 4.69) is 59.9 Å². The summed E-state index contributed by atoms with van der Waals surface area (Å²) in [4.78, 5) is 24.4. The molecule has 4 rings (SSSR count). The number of piperazine rings is 1. The van der Waals surface area contributed by atoms with Crippen molar-refractivity contribution in [2.24, 2.45) is 5.92 Å². The SMILES string of the molecule is C[C@@H]1CN(c2ccccc2C[C@@H]2CCN(c3ccc(C(C)(C)O)nc3)C2=O)C[C@H](C)N1C. The second kappa shape index (κ2) is 8.83. The number of likely N-dealkylation sites (N-methyl/N-ethyl adjacent to an activating group) is 1. The van der Waals surface area contributed by atoms with Crippen LogP contribution in [-0.4, -0.2) is 59.7 Å². The fraction of sp³-hybridized carbons (Fsp3) is 0.538. The van der Waals surface area contributed by atoms with Gasteiger partial charge in [-0.1, -0.05) is 18.2 Å². The number of para-hydroxylation sites is 1. The highest BCUT2D eigenvalue weighted by Crippen LogP contribution is 2.32. The number of anilines is 2. The zero-order chi connectivity index (χ0) is 23.0. The lowest BCUT2D eigenvalue weighted by Crippen LogP contribution is -2.55. The Morgan fingerprint density at radius 3 is 2.41 bits per heavy atom. The third kappa shape index (κ3) is 4.52. The number of rotatable bonds is 5. The fourth-order valence-corrected chi connectivity index (χ4v) is 4.95. The summed E-state index contributed by atoms with van der Waals surface area (Å²) < 4.78 is 0. The number of carbonyl (C=O) groups is 1. The van der Waals surface area contributed by atoms with E-state index in [0.717, 1.165) is 31.6 Å². The summed E-state index contributed by atoms with van der Waals surface area (Å²) in [6.45, 7) is 10.7. The lowest BCUT2D eigenvalue weighted by Gasteiger charge is -2.44. The van der Waals surface area contributed by atoms with Crippen LogP contribution in [0.25, 0.3) is 0 Å². The minimum Gasteiger partial charge on any atom is -0.384 e. The van der Waals surface area contributed by atoms with Crippen LogP contribution in [0.5, 0.6) is 0 Å². The van der Waals surface area contributed by atoms with Crippen molar-refractivity contribution in [1.82, 2.24) is 9.88 Å². The summed E-state index contributed by atoms with van der Waals surface area (Å²) in [6.07, 6.45) is 3.31. The van der Waals surface area contributed by atoms with Crippen molar-refractivity contribution in [2.45, 2.75) is 58.2 Å². The van der Waals surface area contributed by atoms with Crippen molar-refractivity contribution in [1.29, 1.82) is 0 Å².